The van der Waals surface area contributed by atoms with Crippen molar-refractivity contribution in [1.29, 1.82) is 0 Å². The standard InChI is InChI=1S/C74H78O4/c1-7-11-39-75-47-53-23-31-57(32-24-53)73(58-33-25-54(26-34-58)48-76-40-12-8-2)67-45-66-68(46-65(67)71-63-21-17-15-19-61(63)51(5)43-69(71)73)74(59-35-27-55(28-36-59)49-77-41-13-9-3,60-37-29-56(30-38-60)50-78-42-14-10-4)70-44-52(6)62-20-16-18-22-64(62)72(66)70/h15-38,43-46H,7-14,39-42,47-50H2,1-6H3. The number of ether oxygens (including phenoxy) is 4. The molecule has 0 amide bonds. The van der Waals surface area contributed by atoms with Crippen molar-refractivity contribution >= 4 is 21.5 Å². The summed E-state index contributed by atoms with van der Waals surface area (Å²) >= 11 is 0. The third-order valence-corrected chi connectivity index (χ3v) is 17.0. The van der Waals surface area contributed by atoms with Gasteiger partial charge >= 0.3 is 0 Å². The summed E-state index contributed by atoms with van der Waals surface area (Å²) in [6, 6.07) is 66.2. The Bertz CT molecular complexity index is 3170. The van der Waals surface area contributed by atoms with Crippen molar-refractivity contribution < 1.29 is 18.9 Å². The van der Waals surface area contributed by atoms with E-state index in [1.54, 1.807) is 0 Å². The molecule has 0 heterocycles. The SMILES string of the molecule is CCCCOCc1ccc(C2(c3ccc(COCCCC)cc3)c3cc4c(cc3-c3c2cc(C)c2ccccc32)C(c2ccc(COCCCC)cc2)(c2ccc(COCCCC)cc2)c2cc(C)c3ccccc3c2-4)cc1. The monoisotopic (exact) mass is 1030 g/mol. The van der Waals surface area contributed by atoms with Gasteiger partial charge in [-0.3, -0.25) is 0 Å². The molecule has 0 saturated heterocycles. The Labute approximate surface area is 464 Å². The van der Waals surface area contributed by atoms with E-state index < -0.39 is 10.8 Å². The van der Waals surface area contributed by atoms with E-state index in [9.17, 15) is 0 Å². The van der Waals surface area contributed by atoms with E-state index in [0.29, 0.717) is 26.4 Å². The maximum Gasteiger partial charge on any atom is 0.0716 e. The topological polar surface area (TPSA) is 36.9 Å². The summed E-state index contributed by atoms with van der Waals surface area (Å²) in [7, 11) is 0. The lowest BCUT2D eigenvalue weighted by molar-refractivity contribution is 0.118. The summed E-state index contributed by atoms with van der Waals surface area (Å²) < 4.78 is 24.9. The molecule has 0 N–H and O–H groups in total. The van der Waals surface area contributed by atoms with Crippen LogP contribution in [0.2, 0.25) is 0 Å². The van der Waals surface area contributed by atoms with Crippen LogP contribution in [0.4, 0.5) is 0 Å². The van der Waals surface area contributed by atoms with Gasteiger partial charge in [0.15, 0.2) is 0 Å². The first-order chi connectivity index (χ1) is 38.4. The number of hydrogen-bond donors (Lipinski definition) is 0. The Morgan fingerprint density at radius 1 is 0.308 bits per heavy atom. The van der Waals surface area contributed by atoms with Crippen LogP contribution in [0.15, 0.2) is 170 Å². The Balaban J connectivity index is 1.22. The molecule has 0 radical (unpaired) electrons. The Hall–Kier alpha value is -6.66. The minimum atomic E-state index is -0.678. The van der Waals surface area contributed by atoms with Gasteiger partial charge in [-0.25, -0.2) is 0 Å². The van der Waals surface area contributed by atoms with Gasteiger partial charge < -0.3 is 18.9 Å². The number of rotatable bonds is 24. The molecule has 2 aliphatic carbocycles. The molecule has 0 bridgehead atoms. The molecule has 2 aliphatic rings. The smallest absolute Gasteiger partial charge is 0.0716 e. The van der Waals surface area contributed by atoms with E-state index in [-0.39, 0.29) is 0 Å². The molecule has 0 unspecified atom stereocenters. The van der Waals surface area contributed by atoms with Gasteiger partial charge in [-0.05, 0) is 173 Å². The van der Waals surface area contributed by atoms with Crippen LogP contribution in [0.5, 0.6) is 0 Å². The largest absolute Gasteiger partial charge is 0.377 e. The molecule has 4 heteroatoms. The van der Waals surface area contributed by atoms with E-state index in [0.717, 1.165) is 77.8 Å². The van der Waals surface area contributed by atoms with E-state index in [1.807, 2.05) is 0 Å². The van der Waals surface area contributed by atoms with Crippen molar-refractivity contribution in [3.8, 4) is 22.3 Å². The summed E-state index contributed by atoms with van der Waals surface area (Å²) in [4.78, 5) is 0. The minimum absolute atomic E-state index is 0.593. The fourth-order valence-corrected chi connectivity index (χ4v) is 12.9. The van der Waals surface area contributed by atoms with Gasteiger partial charge in [0.1, 0.15) is 0 Å². The van der Waals surface area contributed by atoms with Crippen LogP contribution in [0, 0.1) is 13.8 Å². The lowest BCUT2D eigenvalue weighted by Gasteiger charge is -2.36. The highest BCUT2D eigenvalue weighted by Crippen LogP contribution is 2.64. The van der Waals surface area contributed by atoms with Gasteiger partial charge in [0.2, 0.25) is 0 Å². The zero-order chi connectivity index (χ0) is 53.6. The Kier molecular flexibility index (Phi) is 16.2. The first-order valence-corrected chi connectivity index (χ1v) is 29.3. The lowest BCUT2D eigenvalue weighted by atomic mass is 9.65. The van der Waals surface area contributed by atoms with E-state index >= 15 is 0 Å². The fraction of sp³-hybridized carbons (Fsp3) is 0.324. The lowest BCUT2D eigenvalue weighted by Crippen LogP contribution is -2.30. The third-order valence-electron chi connectivity index (χ3n) is 17.0. The number of fused-ring (bicyclic) bond motifs is 10. The van der Waals surface area contributed by atoms with Crippen LogP contribution >= 0.6 is 0 Å². The number of unbranched alkanes of at least 4 members (excludes halogenated alkanes) is 4. The van der Waals surface area contributed by atoms with Gasteiger partial charge in [0.05, 0.1) is 37.3 Å². The highest BCUT2D eigenvalue weighted by atomic mass is 16.5. The van der Waals surface area contributed by atoms with Crippen LogP contribution in [0.25, 0.3) is 43.8 Å². The molecule has 0 saturated carbocycles. The number of benzene rings is 9. The molecule has 11 rings (SSSR count). The predicted molar refractivity (Wildman–Crippen MR) is 324 cm³/mol. The van der Waals surface area contributed by atoms with Crippen LogP contribution in [0.3, 0.4) is 0 Å². The number of aryl methyl sites for hydroxylation is 2. The Morgan fingerprint density at radius 2 is 0.577 bits per heavy atom. The van der Waals surface area contributed by atoms with Gasteiger partial charge in [-0.2, -0.15) is 0 Å². The van der Waals surface area contributed by atoms with Crippen molar-refractivity contribution in [3.63, 3.8) is 0 Å². The normalized spacial score (nSPS) is 13.7. The second-order valence-electron chi connectivity index (χ2n) is 22.2. The molecule has 0 aliphatic heterocycles. The molecule has 9 aromatic rings. The molecule has 0 fully saturated rings. The zero-order valence-electron chi connectivity index (χ0n) is 47.1. The van der Waals surface area contributed by atoms with E-state index in [4.69, 9.17) is 18.9 Å². The van der Waals surface area contributed by atoms with Crippen molar-refractivity contribution in [2.45, 2.75) is 130 Å². The molecule has 398 valence electrons. The molecule has 4 nitrogen and oxygen atoms in total. The second-order valence-corrected chi connectivity index (χ2v) is 22.2. The van der Waals surface area contributed by atoms with Crippen LogP contribution in [-0.4, -0.2) is 26.4 Å². The average molecular weight is 1030 g/mol. The fourth-order valence-electron chi connectivity index (χ4n) is 12.9. The molecule has 9 aromatic carbocycles. The van der Waals surface area contributed by atoms with Crippen molar-refractivity contribution in [1.82, 2.24) is 0 Å². The molecule has 0 spiro atoms. The highest BCUT2D eigenvalue weighted by molar-refractivity contribution is 6.10. The second kappa shape index (κ2) is 23.7. The summed E-state index contributed by atoms with van der Waals surface area (Å²) in [6.07, 6.45) is 8.70. The number of hydrogen-bond acceptors (Lipinski definition) is 4. The predicted octanol–water partition coefficient (Wildman–Crippen LogP) is 18.6. The minimum Gasteiger partial charge on any atom is -0.377 e. The molecule has 0 atom stereocenters. The molecule has 78 heavy (non-hydrogen) atoms. The van der Waals surface area contributed by atoms with Crippen molar-refractivity contribution in [3.05, 3.63) is 248 Å². The van der Waals surface area contributed by atoms with E-state index in [1.165, 1.54) is 122 Å². The summed E-state index contributed by atoms with van der Waals surface area (Å²) in [6.45, 7) is 18.9. The maximum absolute atomic E-state index is 6.23. The quantitative estimate of drug-likeness (QED) is 0.0565. The van der Waals surface area contributed by atoms with Gasteiger partial charge in [-0.1, -0.05) is 211 Å². The van der Waals surface area contributed by atoms with Gasteiger partial charge in [0.25, 0.3) is 0 Å². The molecular formula is C74H78O4. The van der Waals surface area contributed by atoms with Crippen molar-refractivity contribution in [2.24, 2.45) is 0 Å². The first-order valence-electron chi connectivity index (χ1n) is 29.3. The van der Waals surface area contributed by atoms with Gasteiger partial charge in [-0.15, -0.1) is 0 Å². The summed E-state index contributed by atoms with van der Waals surface area (Å²) in [5.74, 6) is 0. The molecule has 0 aromatic heterocycles. The van der Waals surface area contributed by atoms with E-state index in [2.05, 4.69) is 211 Å². The summed E-state index contributed by atoms with van der Waals surface area (Å²) in [5, 5.41) is 5.11. The van der Waals surface area contributed by atoms with Gasteiger partial charge in [0, 0.05) is 26.4 Å². The summed E-state index contributed by atoms with van der Waals surface area (Å²) in [5.41, 5.74) is 21.3. The molecular weight excluding hydrogens is 953 g/mol. The Morgan fingerprint density at radius 3 is 0.846 bits per heavy atom. The van der Waals surface area contributed by atoms with Crippen LogP contribution in [0.1, 0.15) is 157 Å². The highest BCUT2D eigenvalue weighted by Gasteiger charge is 2.52. The maximum atomic E-state index is 6.23. The van der Waals surface area contributed by atoms with Crippen molar-refractivity contribution in [2.75, 3.05) is 26.4 Å². The first kappa shape index (κ1) is 53.3. The van der Waals surface area contributed by atoms with Crippen LogP contribution in [-0.2, 0) is 56.2 Å². The van der Waals surface area contributed by atoms with Crippen LogP contribution < -0.4 is 0 Å². The average Bonchev–Trinajstić information content (AvgIpc) is 4.09. The zero-order valence-corrected chi connectivity index (χ0v) is 47.1. The third kappa shape index (κ3) is 9.63.